The van der Waals surface area contributed by atoms with Gasteiger partial charge in [-0.1, -0.05) is 12.1 Å². The number of anilines is 2. The fourth-order valence-electron chi connectivity index (χ4n) is 4.32. The first-order chi connectivity index (χ1) is 17.6. The number of aromatic nitrogens is 4. The van der Waals surface area contributed by atoms with Gasteiger partial charge < -0.3 is 5.32 Å². The van der Waals surface area contributed by atoms with Gasteiger partial charge in [-0.2, -0.15) is 10.4 Å². The number of nitrogens with one attached hydrogen (secondary N) is 1. The van der Waals surface area contributed by atoms with Gasteiger partial charge in [-0.3, -0.25) is 14.7 Å². The maximum Gasteiger partial charge on any atom is 0.177 e. The van der Waals surface area contributed by atoms with E-state index in [0.717, 1.165) is 28.5 Å². The van der Waals surface area contributed by atoms with Crippen LogP contribution in [0.25, 0.3) is 11.3 Å². The first kappa shape index (κ1) is 24.3. The lowest BCUT2D eigenvalue weighted by atomic mass is 10.1. The smallest absolute Gasteiger partial charge is 0.177 e. The average Bonchev–Trinajstić information content (AvgIpc) is 3.39. The summed E-state index contributed by atoms with van der Waals surface area (Å²) in [5, 5.41) is 17.0. The van der Waals surface area contributed by atoms with E-state index in [1.54, 1.807) is 28.9 Å². The molecule has 0 amide bonds. The van der Waals surface area contributed by atoms with Crippen LogP contribution in [0.1, 0.15) is 35.4 Å². The zero-order chi connectivity index (χ0) is 26.3. The van der Waals surface area contributed by atoms with E-state index >= 15 is 0 Å². The minimum atomic E-state index is -3.57. The van der Waals surface area contributed by atoms with Crippen molar-refractivity contribution in [1.29, 1.82) is 5.26 Å². The van der Waals surface area contributed by atoms with Crippen molar-refractivity contribution in [3.63, 3.8) is 0 Å². The van der Waals surface area contributed by atoms with Crippen molar-refractivity contribution in [2.45, 2.75) is 31.6 Å². The molecule has 1 N–H and O–H groups in total. The summed E-state index contributed by atoms with van der Waals surface area (Å²) in [6.07, 6.45) is 2.23. The highest BCUT2D eigenvalue weighted by atomic mass is 32.2. The van der Waals surface area contributed by atoms with E-state index in [9.17, 15) is 13.7 Å². The van der Waals surface area contributed by atoms with Crippen molar-refractivity contribution >= 4 is 32.6 Å². The molecule has 37 heavy (non-hydrogen) atoms. The van der Waals surface area contributed by atoms with Crippen LogP contribution in [-0.4, -0.2) is 40.1 Å². The van der Waals surface area contributed by atoms with E-state index in [-0.39, 0.29) is 4.90 Å². The van der Waals surface area contributed by atoms with E-state index in [0.29, 0.717) is 46.9 Å². The third-order valence-corrected chi connectivity index (χ3v) is 7.32. The van der Waals surface area contributed by atoms with Crippen LogP contribution in [-0.2, 0) is 29.7 Å². The maximum absolute atomic E-state index is 12.8. The van der Waals surface area contributed by atoms with Gasteiger partial charge in [0.25, 0.3) is 0 Å². The molecule has 5 rings (SSSR count). The number of hydrogen-bond donors (Lipinski definition) is 1. The molecule has 4 heterocycles. The van der Waals surface area contributed by atoms with E-state index in [1.807, 2.05) is 45.2 Å². The van der Waals surface area contributed by atoms with Gasteiger partial charge in [0.05, 0.1) is 27.7 Å². The van der Waals surface area contributed by atoms with E-state index in [4.69, 9.17) is 4.98 Å². The van der Waals surface area contributed by atoms with Crippen molar-refractivity contribution in [2.24, 2.45) is 12.0 Å². The second-order valence-corrected chi connectivity index (χ2v) is 11.2. The molecule has 0 aliphatic carbocycles. The monoisotopic (exact) mass is 511 g/mol. The van der Waals surface area contributed by atoms with Crippen molar-refractivity contribution in [1.82, 2.24) is 19.7 Å². The first-order valence-electron chi connectivity index (χ1n) is 11.7. The predicted molar refractivity (Wildman–Crippen MR) is 142 cm³/mol. The Morgan fingerprint density at radius 1 is 1.05 bits per heavy atom. The molecule has 4 aromatic rings. The summed E-state index contributed by atoms with van der Waals surface area (Å²) in [6.45, 7) is 3.88. The van der Waals surface area contributed by atoms with Gasteiger partial charge >= 0.3 is 0 Å². The topological polar surface area (TPSA) is 126 Å². The fourth-order valence-corrected chi connectivity index (χ4v) is 5.18. The molecule has 186 valence electrons. The molecule has 3 aromatic heterocycles. The molecule has 0 radical (unpaired) electrons. The number of benzene rings is 1. The molecule has 0 bridgehead atoms. The summed E-state index contributed by atoms with van der Waals surface area (Å²) in [4.78, 5) is 14.0. The lowest BCUT2D eigenvalue weighted by molar-refractivity contribution is 0.602. The third-order valence-electron chi connectivity index (χ3n) is 6.19. The summed E-state index contributed by atoms with van der Waals surface area (Å²) in [7, 11) is -1.72. The summed E-state index contributed by atoms with van der Waals surface area (Å²) >= 11 is 0. The Morgan fingerprint density at radius 3 is 2.57 bits per heavy atom. The van der Waals surface area contributed by atoms with Crippen LogP contribution in [0.4, 0.5) is 17.1 Å². The highest BCUT2D eigenvalue weighted by Gasteiger charge is 2.22. The quantitative estimate of drug-likeness (QED) is 0.405. The molecule has 0 fully saturated rings. The Kier molecular flexibility index (Phi) is 6.09. The largest absolute Gasteiger partial charge is 0.353 e. The van der Waals surface area contributed by atoms with Gasteiger partial charge in [-0.15, -0.1) is 0 Å². The number of nitriles is 1. The summed E-state index contributed by atoms with van der Waals surface area (Å²) in [6, 6.07) is 16.4. The van der Waals surface area contributed by atoms with Gasteiger partial charge in [0.15, 0.2) is 9.84 Å². The van der Waals surface area contributed by atoms with Crippen LogP contribution in [0, 0.1) is 18.3 Å². The van der Waals surface area contributed by atoms with E-state index in [1.165, 1.54) is 6.26 Å². The second-order valence-electron chi connectivity index (χ2n) is 9.19. The van der Waals surface area contributed by atoms with Gasteiger partial charge in [0.2, 0.25) is 0 Å². The lowest BCUT2D eigenvalue weighted by Crippen LogP contribution is -2.05. The van der Waals surface area contributed by atoms with Crippen LogP contribution in [0.3, 0.4) is 0 Å². The highest BCUT2D eigenvalue weighted by molar-refractivity contribution is 7.90. The Hall–Kier alpha value is -4.36. The van der Waals surface area contributed by atoms with Gasteiger partial charge in [-0.25, -0.2) is 13.4 Å². The number of hydrogen-bond acceptors (Lipinski definition) is 8. The predicted octanol–water partition coefficient (Wildman–Crippen LogP) is 4.44. The molecular weight excluding hydrogens is 486 g/mol. The number of aryl methyl sites for hydroxylation is 2. The number of sulfone groups is 1. The number of pyridine rings is 2. The molecule has 1 aromatic carbocycles. The molecule has 0 atom stereocenters. The van der Waals surface area contributed by atoms with Crippen LogP contribution in [0.5, 0.6) is 0 Å². The molecule has 0 spiro atoms. The lowest BCUT2D eigenvalue weighted by Gasteiger charge is -2.15. The molecule has 1 aliphatic heterocycles. The highest BCUT2D eigenvalue weighted by Crippen LogP contribution is 2.38. The number of rotatable bonds is 6. The molecule has 0 saturated heterocycles. The molecule has 9 nitrogen and oxygen atoms in total. The zero-order valence-electron chi connectivity index (χ0n) is 20.9. The van der Waals surface area contributed by atoms with Gasteiger partial charge in [0, 0.05) is 54.5 Å². The second kappa shape index (κ2) is 9.26. The van der Waals surface area contributed by atoms with Crippen LogP contribution < -0.4 is 5.32 Å². The van der Waals surface area contributed by atoms with Gasteiger partial charge in [0.1, 0.15) is 17.5 Å². The SMILES string of the molecule is CC1=Nc2c(Nc3ccc(-c4cc(C)n(C)n4)cc3S(C)(=O)=O)cc(Cc3cccc(C#N)n3)nc2C1. The standard InChI is InChI=1S/C27H25N7O2S/c1-16-10-24-27(29-16)25(14-21(31-24)13-19-6-5-7-20(15-28)30-19)32-22-9-8-18(12-26(22)37(4,35)36)23-11-17(2)34(3)33-23/h5-9,11-12,14H,10,13H2,1-4H3,(H,31,32). The Balaban J connectivity index is 1.56. The van der Waals surface area contributed by atoms with E-state index in [2.05, 4.69) is 26.5 Å². The Bertz CT molecular complexity index is 1710. The fraction of sp³-hybridized carbons (Fsp3) is 0.222. The van der Waals surface area contributed by atoms with Crippen molar-refractivity contribution < 1.29 is 8.42 Å². The van der Waals surface area contributed by atoms with Gasteiger partial charge in [-0.05, 0) is 50.2 Å². The normalized spacial score (nSPS) is 12.7. The molecular formula is C27H25N7O2S. The Labute approximate surface area is 215 Å². The van der Waals surface area contributed by atoms with Crippen molar-refractivity contribution in [2.75, 3.05) is 11.6 Å². The first-order valence-corrected chi connectivity index (χ1v) is 13.5. The molecule has 1 aliphatic rings. The van der Waals surface area contributed by atoms with Crippen molar-refractivity contribution in [3.8, 4) is 17.3 Å². The number of nitrogens with zero attached hydrogens (tertiary/aromatic N) is 6. The van der Waals surface area contributed by atoms with Crippen LogP contribution >= 0.6 is 0 Å². The van der Waals surface area contributed by atoms with Crippen LogP contribution in [0.15, 0.2) is 58.4 Å². The zero-order valence-corrected chi connectivity index (χ0v) is 21.8. The minimum Gasteiger partial charge on any atom is -0.353 e. The minimum absolute atomic E-state index is 0.169. The average molecular weight is 512 g/mol. The molecule has 0 unspecified atom stereocenters. The van der Waals surface area contributed by atoms with E-state index < -0.39 is 9.84 Å². The third kappa shape index (κ3) is 4.99. The summed E-state index contributed by atoms with van der Waals surface area (Å²) in [5.41, 5.74) is 7.76. The number of aliphatic imine (C=N–C) groups is 1. The number of fused-ring (bicyclic) bond motifs is 1. The summed E-state index contributed by atoms with van der Waals surface area (Å²) in [5.74, 6) is 0. The summed E-state index contributed by atoms with van der Waals surface area (Å²) < 4.78 is 27.4. The Morgan fingerprint density at radius 2 is 1.86 bits per heavy atom. The van der Waals surface area contributed by atoms with Crippen molar-refractivity contribution in [3.05, 3.63) is 77.0 Å². The maximum atomic E-state index is 12.8. The van der Waals surface area contributed by atoms with Crippen LogP contribution in [0.2, 0.25) is 0 Å². The molecule has 0 saturated carbocycles. The molecule has 10 heteroatoms.